The van der Waals surface area contributed by atoms with Crippen LogP contribution < -0.4 is 9.64 Å². The summed E-state index contributed by atoms with van der Waals surface area (Å²) in [6.07, 6.45) is 2.90. The van der Waals surface area contributed by atoms with Crippen molar-refractivity contribution in [1.82, 2.24) is 15.0 Å². The van der Waals surface area contributed by atoms with Crippen LogP contribution in [0.25, 0.3) is 5.69 Å². The van der Waals surface area contributed by atoms with E-state index in [1.54, 1.807) is 7.11 Å². The Kier molecular flexibility index (Phi) is 6.47. The Morgan fingerprint density at radius 3 is 2.26 bits per heavy atom. The first-order chi connectivity index (χ1) is 13.3. The maximum absolute atomic E-state index is 5.57. The number of methoxy groups -OCH3 is 1. The van der Waals surface area contributed by atoms with Crippen molar-refractivity contribution in [2.75, 3.05) is 25.1 Å². The lowest BCUT2D eigenvalue weighted by Crippen LogP contribution is -2.28. The Balaban J connectivity index is 2.10. The maximum atomic E-state index is 5.57. The lowest BCUT2D eigenvalue weighted by Gasteiger charge is -2.25. The highest BCUT2D eigenvalue weighted by Gasteiger charge is 2.21. The molecule has 3 aromatic rings. The highest BCUT2D eigenvalue weighted by molar-refractivity contribution is 5.56. The molecule has 0 saturated heterocycles. The van der Waals surface area contributed by atoms with Gasteiger partial charge in [-0.25, -0.2) is 0 Å². The molecule has 0 spiro atoms. The fraction of sp³-hybridized carbons (Fsp3) is 0.364. The highest BCUT2D eigenvalue weighted by Crippen LogP contribution is 2.30. The molecule has 3 rings (SSSR count). The second-order valence-corrected chi connectivity index (χ2v) is 6.59. The predicted molar refractivity (Wildman–Crippen MR) is 110 cm³/mol. The van der Waals surface area contributed by atoms with Crippen LogP contribution in [0.2, 0.25) is 0 Å². The SMILES string of the molecule is CCCN(CCC)c1c(Cc2ccccc2)nnn1-c1ccccc1OC. The van der Waals surface area contributed by atoms with Gasteiger partial charge in [-0.05, 0) is 30.5 Å². The quantitative estimate of drug-likeness (QED) is 0.561. The first-order valence-electron chi connectivity index (χ1n) is 9.65. The third-order valence-electron chi connectivity index (χ3n) is 4.53. The first kappa shape index (κ1) is 19.0. The zero-order valence-corrected chi connectivity index (χ0v) is 16.4. The Morgan fingerprint density at radius 2 is 1.59 bits per heavy atom. The van der Waals surface area contributed by atoms with Gasteiger partial charge in [0.2, 0.25) is 0 Å². The van der Waals surface area contributed by atoms with E-state index in [0.717, 1.165) is 55.3 Å². The minimum Gasteiger partial charge on any atom is -0.494 e. The molecule has 1 heterocycles. The minimum atomic E-state index is 0.759. The van der Waals surface area contributed by atoms with Gasteiger partial charge in [-0.1, -0.05) is 61.5 Å². The summed E-state index contributed by atoms with van der Waals surface area (Å²) in [5, 5.41) is 9.09. The summed E-state index contributed by atoms with van der Waals surface area (Å²) in [7, 11) is 1.69. The lowest BCUT2D eigenvalue weighted by atomic mass is 10.1. The Bertz CT molecular complexity index is 839. The molecule has 0 aliphatic heterocycles. The van der Waals surface area contributed by atoms with Gasteiger partial charge in [-0.2, -0.15) is 4.68 Å². The molecular formula is C22H28N4O. The summed E-state index contributed by atoms with van der Waals surface area (Å²) in [6.45, 7) is 6.35. The van der Waals surface area contributed by atoms with Gasteiger partial charge in [-0.15, -0.1) is 5.10 Å². The van der Waals surface area contributed by atoms with Crippen molar-refractivity contribution in [2.24, 2.45) is 0 Å². The van der Waals surface area contributed by atoms with Crippen LogP contribution >= 0.6 is 0 Å². The number of hydrogen-bond donors (Lipinski definition) is 0. The van der Waals surface area contributed by atoms with Crippen LogP contribution in [0.4, 0.5) is 5.82 Å². The average Bonchev–Trinajstić information content (AvgIpc) is 3.11. The Morgan fingerprint density at radius 1 is 0.926 bits per heavy atom. The molecule has 0 atom stereocenters. The number of aromatic nitrogens is 3. The van der Waals surface area contributed by atoms with Gasteiger partial charge in [0.25, 0.3) is 0 Å². The molecule has 1 aromatic heterocycles. The number of ether oxygens (including phenoxy) is 1. The summed E-state index contributed by atoms with van der Waals surface area (Å²) in [5.74, 6) is 1.86. The van der Waals surface area contributed by atoms with Crippen LogP contribution in [0, 0.1) is 0 Å². The first-order valence-corrected chi connectivity index (χ1v) is 9.65. The zero-order valence-electron chi connectivity index (χ0n) is 16.4. The molecule has 0 saturated carbocycles. The molecule has 2 aromatic carbocycles. The number of nitrogens with zero attached hydrogens (tertiary/aromatic N) is 4. The fourth-order valence-corrected chi connectivity index (χ4v) is 3.36. The largest absolute Gasteiger partial charge is 0.494 e. The average molecular weight is 364 g/mol. The molecule has 0 fully saturated rings. The number of rotatable bonds is 9. The van der Waals surface area contributed by atoms with E-state index in [0.29, 0.717) is 0 Å². The molecule has 5 heteroatoms. The summed E-state index contributed by atoms with van der Waals surface area (Å²) in [4.78, 5) is 2.39. The van der Waals surface area contributed by atoms with Crippen LogP contribution in [0.3, 0.4) is 0 Å². The smallest absolute Gasteiger partial charge is 0.156 e. The van der Waals surface area contributed by atoms with Crippen molar-refractivity contribution in [3.63, 3.8) is 0 Å². The van der Waals surface area contributed by atoms with E-state index in [9.17, 15) is 0 Å². The topological polar surface area (TPSA) is 43.2 Å². The molecule has 0 N–H and O–H groups in total. The van der Waals surface area contributed by atoms with E-state index >= 15 is 0 Å². The number of benzene rings is 2. The van der Waals surface area contributed by atoms with Crippen molar-refractivity contribution in [2.45, 2.75) is 33.1 Å². The van der Waals surface area contributed by atoms with Crippen molar-refractivity contribution in [3.05, 3.63) is 65.9 Å². The van der Waals surface area contributed by atoms with Gasteiger partial charge in [0, 0.05) is 19.5 Å². The Hall–Kier alpha value is -2.82. The third-order valence-corrected chi connectivity index (χ3v) is 4.53. The number of hydrogen-bond acceptors (Lipinski definition) is 4. The van der Waals surface area contributed by atoms with E-state index in [1.807, 2.05) is 35.0 Å². The van der Waals surface area contributed by atoms with E-state index in [1.165, 1.54) is 5.56 Å². The zero-order chi connectivity index (χ0) is 19.1. The standard InChI is InChI=1S/C22H28N4O/c1-4-15-25(16-5-2)22-19(17-18-11-7-6-8-12-18)23-24-26(22)20-13-9-10-14-21(20)27-3/h6-14H,4-5,15-17H2,1-3H3. The van der Waals surface area contributed by atoms with Gasteiger partial charge in [0.1, 0.15) is 17.1 Å². The molecule has 0 radical (unpaired) electrons. The van der Waals surface area contributed by atoms with Gasteiger partial charge >= 0.3 is 0 Å². The maximum Gasteiger partial charge on any atom is 0.156 e. The molecule has 27 heavy (non-hydrogen) atoms. The van der Waals surface area contributed by atoms with Crippen molar-refractivity contribution in [3.8, 4) is 11.4 Å². The van der Waals surface area contributed by atoms with Crippen LogP contribution in [0.1, 0.15) is 37.9 Å². The minimum absolute atomic E-state index is 0.759. The summed E-state index contributed by atoms with van der Waals surface area (Å²) < 4.78 is 7.51. The van der Waals surface area contributed by atoms with Gasteiger partial charge in [-0.3, -0.25) is 0 Å². The summed E-state index contributed by atoms with van der Waals surface area (Å²) >= 11 is 0. The highest BCUT2D eigenvalue weighted by atomic mass is 16.5. The molecule has 142 valence electrons. The number of anilines is 1. The van der Waals surface area contributed by atoms with E-state index in [4.69, 9.17) is 4.74 Å². The van der Waals surface area contributed by atoms with Crippen LogP contribution in [-0.4, -0.2) is 35.2 Å². The van der Waals surface area contributed by atoms with E-state index in [2.05, 4.69) is 53.3 Å². The van der Waals surface area contributed by atoms with Gasteiger partial charge in [0.05, 0.1) is 7.11 Å². The molecular weight excluding hydrogens is 336 g/mol. The summed E-state index contributed by atoms with van der Waals surface area (Å²) in [5.41, 5.74) is 3.15. The van der Waals surface area contributed by atoms with Crippen LogP contribution in [0.5, 0.6) is 5.75 Å². The predicted octanol–water partition coefficient (Wildman–Crippen LogP) is 4.49. The van der Waals surface area contributed by atoms with Gasteiger partial charge < -0.3 is 9.64 Å². The number of para-hydroxylation sites is 2. The molecule has 0 aliphatic rings. The van der Waals surface area contributed by atoms with Crippen molar-refractivity contribution in [1.29, 1.82) is 0 Å². The molecule has 0 amide bonds. The van der Waals surface area contributed by atoms with E-state index in [-0.39, 0.29) is 0 Å². The van der Waals surface area contributed by atoms with Crippen LogP contribution in [0.15, 0.2) is 54.6 Å². The monoisotopic (exact) mass is 364 g/mol. The second kappa shape index (κ2) is 9.21. The lowest BCUT2D eigenvalue weighted by molar-refractivity contribution is 0.411. The molecule has 5 nitrogen and oxygen atoms in total. The molecule has 0 aliphatic carbocycles. The fourth-order valence-electron chi connectivity index (χ4n) is 3.36. The molecule has 0 unspecified atom stereocenters. The van der Waals surface area contributed by atoms with Gasteiger partial charge in [0.15, 0.2) is 5.82 Å². The Labute approximate surface area is 161 Å². The molecule has 0 bridgehead atoms. The van der Waals surface area contributed by atoms with Crippen molar-refractivity contribution >= 4 is 5.82 Å². The van der Waals surface area contributed by atoms with Crippen molar-refractivity contribution < 1.29 is 4.74 Å². The summed E-state index contributed by atoms with van der Waals surface area (Å²) in [6, 6.07) is 18.4. The van der Waals surface area contributed by atoms with E-state index < -0.39 is 0 Å². The van der Waals surface area contributed by atoms with Crippen LogP contribution in [-0.2, 0) is 6.42 Å². The normalized spacial score (nSPS) is 10.8. The second-order valence-electron chi connectivity index (χ2n) is 6.59. The third kappa shape index (κ3) is 4.30.